The maximum Gasteiger partial charge on any atom is 0.328 e. The molecule has 2 aromatic carbocycles. The van der Waals surface area contributed by atoms with Crippen LogP contribution in [0.15, 0.2) is 36.4 Å². The molecule has 0 aliphatic carbocycles. The number of hydrazine groups is 1. The van der Waals surface area contributed by atoms with Gasteiger partial charge in [-0.25, -0.2) is 4.79 Å². The van der Waals surface area contributed by atoms with Gasteiger partial charge < -0.3 is 10.8 Å². The molecule has 0 fully saturated rings. The predicted octanol–water partition coefficient (Wildman–Crippen LogP) is 3.96. The summed E-state index contributed by atoms with van der Waals surface area (Å²) in [4.78, 5) is 23.0. The third-order valence-corrected chi connectivity index (χ3v) is 5.74. The second-order valence-electron chi connectivity index (χ2n) is 7.14. The number of aryl methyl sites for hydroxylation is 1. The first-order chi connectivity index (χ1) is 13.9. The van der Waals surface area contributed by atoms with Crippen molar-refractivity contribution < 1.29 is 14.7 Å². The topological polar surface area (TPSA) is 95.7 Å². The van der Waals surface area contributed by atoms with Gasteiger partial charge >= 0.3 is 5.97 Å². The van der Waals surface area contributed by atoms with E-state index < -0.39 is 12.0 Å². The van der Waals surface area contributed by atoms with Crippen LogP contribution < -0.4 is 16.2 Å². The number of carbonyl (C=O) groups is 2. The van der Waals surface area contributed by atoms with Crippen LogP contribution in [-0.4, -0.2) is 30.1 Å². The summed E-state index contributed by atoms with van der Waals surface area (Å²) in [6.45, 7) is 0.656. The number of carboxylic acid groups (broad SMARTS) is 1. The number of amides is 1. The van der Waals surface area contributed by atoms with Crippen LogP contribution in [0.5, 0.6) is 0 Å². The smallest absolute Gasteiger partial charge is 0.328 e. The molecule has 0 radical (unpaired) electrons. The van der Waals surface area contributed by atoms with Gasteiger partial charge in [-0.05, 0) is 67.0 Å². The molecule has 0 spiro atoms. The Morgan fingerprint density at radius 3 is 2.50 bits per heavy atom. The Balaban J connectivity index is 0.00000320. The Bertz CT molecular complexity index is 893. The Hall–Kier alpha value is -1.99. The first-order valence-corrected chi connectivity index (χ1v) is 10.2. The molecule has 1 aliphatic rings. The van der Waals surface area contributed by atoms with Crippen molar-refractivity contribution in [2.45, 2.75) is 37.6 Å². The van der Waals surface area contributed by atoms with E-state index in [1.807, 2.05) is 0 Å². The summed E-state index contributed by atoms with van der Waals surface area (Å²) in [5.41, 5.74) is 11.7. The van der Waals surface area contributed by atoms with E-state index in [-0.39, 0.29) is 18.3 Å². The van der Waals surface area contributed by atoms with E-state index in [1.54, 1.807) is 12.1 Å². The van der Waals surface area contributed by atoms with Crippen LogP contribution in [-0.2, 0) is 22.4 Å². The van der Waals surface area contributed by atoms with Crippen molar-refractivity contribution >= 4 is 53.7 Å². The van der Waals surface area contributed by atoms with Crippen molar-refractivity contribution in [2.24, 2.45) is 5.73 Å². The van der Waals surface area contributed by atoms with Crippen molar-refractivity contribution in [1.29, 1.82) is 0 Å². The first-order valence-electron chi connectivity index (χ1n) is 9.43. The Labute approximate surface area is 191 Å². The number of carboxylic acids is 1. The minimum absolute atomic E-state index is 0. The fourth-order valence-electron chi connectivity index (χ4n) is 3.88. The quantitative estimate of drug-likeness (QED) is 0.506. The lowest BCUT2D eigenvalue weighted by atomic mass is 9.82. The third kappa shape index (κ3) is 5.38. The number of nitrogens with one attached hydrogen (secondary N) is 1. The van der Waals surface area contributed by atoms with E-state index in [4.69, 9.17) is 28.9 Å². The molecule has 3 rings (SSSR count). The van der Waals surface area contributed by atoms with Gasteiger partial charge in [0.2, 0.25) is 6.41 Å². The largest absolute Gasteiger partial charge is 0.480 e. The van der Waals surface area contributed by atoms with Crippen LogP contribution in [0, 0.1) is 0 Å². The van der Waals surface area contributed by atoms with Crippen LogP contribution in [0.25, 0.3) is 0 Å². The number of nitrogens with zero attached hydrogens (tertiary/aromatic N) is 1. The van der Waals surface area contributed by atoms with Crippen molar-refractivity contribution in [3.05, 3.63) is 63.1 Å². The highest BCUT2D eigenvalue weighted by atomic mass is 35.5. The molecule has 0 unspecified atom stereocenters. The maximum absolute atomic E-state index is 11.9. The molecule has 0 saturated heterocycles. The van der Waals surface area contributed by atoms with E-state index in [0.29, 0.717) is 41.5 Å². The second kappa shape index (κ2) is 10.9. The van der Waals surface area contributed by atoms with Crippen LogP contribution in [0.4, 0.5) is 5.69 Å². The SMILES string of the molecule is Cl.NCCCc1ccc(C[C@@H]2C[C@@H](C(=O)O)N(NC=O)c3cc(Cl)cc(Cl)c32)cc1. The minimum atomic E-state index is -1.02. The number of benzene rings is 2. The number of nitrogens with two attached hydrogens (primary N) is 1. The van der Waals surface area contributed by atoms with Crippen molar-refractivity contribution in [2.75, 3.05) is 11.6 Å². The van der Waals surface area contributed by atoms with Crippen LogP contribution in [0.3, 0.4) is 0 Å². The zero-order valence-electron chi connectivity index (χ0n) is 16.2. The van der Waals surface area contributed by atoms with Gasteiger partial charge in [-0.15, -0.1) is 12.4 Å². The molecular weight excluding hydrogens is 449 g/mol. The molecule has 1 aliphatic heterocycles. The van der Waals surface area contributed by atoms with Gasteiger partial charge in [0.15, 0.2) is 0 Å². The zero-order valence-corrected chi connectivity index (χ0v) is 18.5. The number of anilines is 1. The molecule has 0 saturated carbocycles. The Morgan fingerprint density at radius 2 is 1.90 bits per heavy atom. The number of rotatable bonds is 8. The molecule has 1 amide bonds. The number of carbonyl (C=O) groups excluding carboxylic acids is 1. The van der Waals surface area contributed by atoms with Crippen LogP contribution in [0.2, 0.25) is 10.0 Å². The summed E-state index contributed by atoms with van der Waals surface area (Å²) < 4.78 is 0. The number of hydrogen-bond acceptors (Lipinski definition) is 4. The minimum Gasteiger partial charge on any atom is -0.480 e. The van der Waals surface area contributed by atoms with Gasteiger partial charge in [0, 0.05) is 10.0 Å². The molecule has 9 heteroatoms. The molecule has 2 atom stereocenters. The monoisotopic (exact) mass is 471 g/mol. The normalized spacial score (nSPS) is 17.6. The van der Waals surface area contributed by atoms with E-state index in [2.05, 4.69) is 29.7 Å². The van der Waals surface area contributed by atoms with Gasteiger partial charge in [0.25, 0.3) is 0 Å². The average molecular weight is 473 g/mol. The fourth-order valence-corrected chi connectivity index (χ4v) is 4.52. The number of aliphatic carboxylic acids is 1. The van der Waals surface area contributed by atoms with Crippen molar-refractivity contribution in [3.8, 4) is 0 Å². The Kier molecular flexibility index (Phi) is 8.79. The molecule has 30 heavy (non-hydrogen) atoms. The van der Waals surface area contributed by atoms with E-state index in [1.165, 1.54) is 10.6 Å². The van der Waals surface area contributed by atoms with E-state index in [9.17, 15) is 14.7 Å². The van der Waals surface area contributed by atoms with Crippen molar-refractivity contribution in [1.82, 2.24) is 5.43 Å². The van der Waals surface area contributed by atoms with E-state index >= 15 is 0 Å². The number of hydrogen-bond donors (Lipinski definition) is 3. The molecule has 162 valence electrons. The van der Waals surface area contributed by atoms with Crippen molar-refractivity contribution in [3.63, 3.8) is 0 Å². The molecule has 0 bridgehead atoms. The van der Waals surface area contributed by atoms with Gasteiger partial charge in [0.1, 0.15) is 6.04 Å². The lowest BCUT2D eigenvalue weighted by molar-refractivity contribution is -0.139. The van der Waals surface area contributed by atoms with Gasteiger partial charge in [-0.3, -0.25) is 15.2 Å². The fraction of sp³-hybridized carbons (Fsp3) is 0.333. The zero-order chi connectivity index (χ0) is 21.0. The highest BCUT2D eigenvalue weighted by Crippen LogP contribution is 2.44. The lowest BCUT2D eigenvalue weighted by Gasteiger charge is -2.39. The standard InChI is InChI=1S/C21H23Cl2N3O3.ClH/c22-16-10-17(23)20-15(8-14-5-3-13(4-6-14)2-1-7-24)9-19(21(28)29)26(25-12-27)18(20)11-16;/h3-6,10-12,15,19H,1-2,7-9,24H2,(H,25,27)(H,28,29);1H/t15-,19+;/m1./s1. The van der Waals surface area contributed by atoms with Gasteiger partial charge in [-0.1, -0.05) is 47.5 Å². The first kappa shape index (κ1) is 24.3. The molecule has 1 heterocycles. The number of halogens is 3. The number of fused-ring (bicyclic) bond motifs is 1. The molecule has 2 aromatic rings. The lowest BCUT2D eigenvalue weighted by Crippen LogP contribution is -2.53. The highest BCUT2D eigenvalue weighted by molar-refractivity contribution is 6.35. The predicted molar refractivity (Wildman–Crippen MR) is 122 cm³/mol. The Morgan fingerprint density at radius 1 is 1.23 bits per heavy atom. The summed E-state index contributed by atoms with van der Waals surface area (Å²) in [5, 5.41) is 11.9. The maximum atomic E-state index is 11.9. The summed E-state index contributed by atoms with van der Waals surface area (Å²) in [7, 11) is 0. The third-order valence-electron chi connectivity index (χ3n) is 5.21. The molecule has 6 nitrogen and oxygen atoms in total. The summed E-state index contributed by atoms with van der Waals surface area (Å²) in [6.07, 6.45) is 3.25. The van der Waals surface area contributed by atoms with E-state index in [0.717, 1.165) is 24.0 Å². The van der Waals surface area contributed by atoms with Gasteiger partial charge in [0.05, 0.1) is 5.69 Å². The highest BCUT2D eigenvalue weighted by Gasteiger charge is 2.38. The molecule has 0 aromatic heterocycles. The second-order valence-corrected chi connectivity index (χ2v) is 7.98. The molecule has 4 N–H and O–H groups in total. The van der Waals surface area contributed by atoms with Crippen LogP contribution in [0.1, 0.15) is 35.4 Å². The summed E-state index contributed by atoms with van der Waals surface area (Å²) >= 11 is 12.7. The molecular formula is C21H24Cl3N3O3. The van der Waals surface area contributed by atoms with Gasteiger partial charge in [-0.2, -0.15) is 0 Å². The van der Waals surface area contributed by atoms with Crippen LogP contribution >= 0.6 is 35.6 Å². The summed E-state index contributed by atoms with van der Waals surface area (Å²) in [5.74, 6) is -1.15. The summed E-state index contributed by atoms with van der Waals surface area (Å²) in [6, 6.07) is 10.6. The average Bonchev–Trinajstić information content (AvgIpc) is 2.68.